The molecule has 3 aromatic carbocycles. The third-order valence-corrected chi connectivity index (χ3v) is 6.47. The van der Waals surface area contributed by atoms with Crippen LogP contribution in [-0.4, -0.2) is 27.7 Å². The molecule has 1 aliphatic rings. The molecule has 30 heavy (non-hydrogen) atoms. The summed E-state index contributed by atoms with van der Waals surface area (Å²) in [4.78, 5) is 0.0962. The fraction of sp³-hybridized carbons (Fsp3) is 0.182. The van der Waals surface area contributed by atoms with E-state index in [9.17, 15) is 8.42 Å². The zero-order chi connectivity index (χ0) is 21.3. The molecule has 5 nitrogen and oxygen atoms in total. The van der Waals surface area contributed by atoms with E-state index in [1.54, 1.807) is 36.4 Å². The second kappa shape index (κ2) is 8.47. The zero-order valence-corrected chi connectivity index (χ0v) is 18.3. The van der Waals surface area contributed by atoms with Gasteiger partial charge in [-0.3, -0.25) is 4.18 Å². The number of fused-ring (bicyclic) bond motifs is 1. The average Bonchev–Trinajstić information content (AvgIpc) is 2.72. The third kappa shape index (κ3) is 4.42. The Labute approximate surface area is 185 Å². The van der Waals surface area contributed by atoms with E-state index in [-0.39, 0.29) is 18.1 Å². The van der Waals surface area contributed by atoms with Crippen LogP contribution < -0.4 is 9.47 Å². The van der Waals surface area contributed by atoms with Crippen LogP contribution >= 0.6 is 23.2 Å². The fourth-order valence-electron chi connectivity index (χ4n) is 3.08. The summed E-state index contributed by atoms with van der Waals surface area (Å²) < 4.78 is 41.9. The zero-order valence-electron chi connectivity index (χ0n) is 16.0. The van der Waals surface area contributed by atoms with Gasteiger partial charge in [0.2, 0.25) is 0 Å². The maximum Gasteiger partial charge on any atom is 0.297 e. The molecule has 8 heteroatoms. The molecular weight excluding hydrogens is 447 g/mol. The number of halogens is 2. The highest BCUT2D eigenvalue weighted by atomic mass is 35.5. The van der Waals surface area contributed by atoms with Crippen LogP contribution in [0.2, 0.25) is 10.0 Å². The van der Waals surface area contributed by atoms with Gasteiger partial charge in [-0.15, -0.1) is 0 Å². The Hall–Kier alpha value is -2.25. The molecule has 1 unspecified atom stereocenters. The summed E-state index contributed by atoms with van der Waals surface area (Å²) in [6.45, 7) is 1.86. The molecule has 0 radical (unpaired) electrons. The minimum atomic E-state index is -3.90. The summed E-state index contributed by atoms with van der Waals surface area (Å²) in [6.07, 6.45) is -0.607. The standard InChI is InChI=1S/C22H18Cl2O5S/c1-14-5-8-17(9-6-14)30(25,26)28-13-16-12-27-21-4-2-3-19(22(21)29-16)18-10-7-15(23)11-20(18)24/h2-11,16H,12-13H2,1H3. The largest absolute Gasteiger partial charge is 0.486 e. The Morgan fingerprint density at radius 1 is 1.03 bits per heavy atom. The quantitative estimate of drug-likeness (QED) is 0.465. The summed E-state index contributed by atoms with van der Waals surface area (Å²) in [5.41, 5.74) is 2.42. The molecule has 0 spiro atoms. The lowest BCUT2D eigenvalue weighted by atomic mass is 10.0. The van der Waals surface area contributed by atoms with Crippen LogP contribution in [0.5, 0.6) is 11.5 Å². The van der Waals surface area contributed by atoms with Gasteiger partial charge in [0.05, 0.1) is 9.92 Å². The van der Waals surface area contributed by atoms with Crippen molar-refractivity contribution >= 4 is 33.3 Å². The van der Waals surface area contributed by atoms with Crippen LogP contribution in [0.4, 0.5) is 0 Å². The van der Waals surface area contributed by atoms with Crippen molar-refractivity contribution in [2.45, 2.75) is 17.9 Å². The van der Waals surface area contributed by atoms with E-state index in [4.69, 9.17) is 36.9 Å². The third-order valence-electron chi connectivity index (χ3n) is 4.63. The molecule has 0 saturated heterocycles. The summed E-state index contributed by atoms with van der Waals surface area (Å²) in [7, 11) is -3.90. The normalized spacial score (nSPS) is 15.8. The molecular formula is C22H18Cl2O5S. The summed E-state index contributed by atoms with van der Waals surface area (Å²) >= 11 is 12.4. The number of aryl methyl sites for hydroxylation is 1. The van der Waals surface area contributed by atoms with Crippen molar-refractivity contribution in [2.24, 2.45) is 0 Å². The van der Waals surface area contributed by atoms with Gasteiger partial charge in [-0.2, -0.15) is 8.42 Å². The van der Waals surface area contributed by atoms with Gasteiger partial charge in [-0.05, 0) is 37.3 Å². The van der Waals surface area contributed by atoms with Gasteiger partial charge in [0.1, 0.15) is 13.2 Å². The predicted octanol–water partition coefficient (Wildman–Crippen LogP) is 5.51. The van der Waals surface area contributed by atoms with Gasteiger partial charge in [-0.1, -0.05) is 59.1 Å². The van der Waals surface area contributed by atoms with Crippen LogP contribution in [0, 0.1) is 6.92 Å². The number of para-hydroxylation sites is 1. The van der Waals surface area contributed by atoms with Crippen LogP contribution in [-0.2, 0) is 14.3 Å². The van der Waals surface area contributed by atoms with Gasteiger partial charge < -0.3 is 9.47 Å². The van der Waals surface area contributed by atoms with E-state index in [1.165, 1.54) is 12.1 Å². The second-order valence-electron chi connectivity index (χ2n) is 6.86. The van der Waals surface area contributed by atoms with Gasteiger partial charge in [0.25, 0.3) is 10.1 Å². The Bertz CT molecular complexity index is 1180. The molecule has 0 fully saturated rings. The molecule has 1 aliphatic heterocycles. The monoisotopic (exact) mass is 464 g/mol. The number of benzene rings is 3. The second-order valence-corrected chi connectivity index (χ2v) is 9.32. The van der Waals surface area contributed by atoms with Crippen molar-refractivity contribution in [1.29, 1.82) is 0 Å². The van der Waals surface area contributed by atoms with Gasteiger partial charge in [-0.25, -0.2) is 0 Å². The van der Waals surface area contributed by atoms with Gasteiger partial charge in [0, 0.05) is 16.1 Å². The van der Waals surface area contributed by atoms with Crippen molar-refractivity contribution in [3.63, 3.8) is 0 Å². The first-order valence-electron chi connectivity index (χ1n) is 9.17. The molecule has 1 atom stereocenters. The van der Waals surface area contributed by atoms with Gasteiger partial charge >= 0.3 is 0 Å². The first kappa shape index (κ1) is 21.0. The highest BCUT2D eigenvalue weighted by Gasteiger charge is 2.27. The Kier molecular flexibility index (Phi) is 5.93. The Balaban J connectivity index is 1.54. The van der Waals surface area contributed by atoms with Crippen LogP contribution in [0.15, 0.2) is 65.6 Å². The maximum absolute atomic E-state index is 12.4. The minimum Gasteiger partial charge on any atom is -0.486 e. The van der Waals surface area contributed by atoms with E-state index in [1.807, 2.05) is 19.1 Å². The van der Waals surface area contributed by atoms with Crippen molar-refractivity contribution in [2.75, 3.05) is 13.2 Å². The van der Waals surface area contributed by atoms with Crippen molar-refractivity contribution < 1.29 is 22.1 Å². The topological polar surface area (TPSA) is 61.8 Å². The van der Waals surface area contributed by atoms with Crippen LogP contribution in [0.1, 0.15) is 5.56 Å². The maximum atomic E-state index is 12.4. The van der Waals surface area contributed by atoms with Crippen LogP contribution in [0.3, 0.4) is 0 Å². The molecule has 0 aliphatic carbocycles. The van der Waals surface area contributed by atoms with Crippen LogP contribution in [0.25, 0.3) is 11.1 Å². The molecule has 0 aromatic heterocycles. The Morgan fingerprint density at radius 3 is 2.53 bits per heavy atom. The number of ether oxygens (including phenoxy) is 2. The lowest BCUT2D eigenvalue weighted by Crippen LogP contribution is -2.34. The molecule has 156 valence electrons. The highest BCUT2D eigenvalue weighted by Crippen LogP contribution is 2.43. The molecule has 3 aromatic rings. The number of hydrogen-bond donors (Lipinski definition) is 0. The number of rotatable bonds is 5. The highest BCUT2D eigenvalue weighted by molar-refractivity contribution is 7.86. The van der Waals surface area contributed by atoms with E-state index in [0.29, 0.717) is 21.5 Å². The van der Waals surface area contributed by atoms with E-state index < -0.39 is 16.2 Å². The molecule has 0 bridgehead atoms. The smallest absolute Gasteiger partial charge is 0.297 e. The van der Waals surface area contributed by atoms with Crippen molar-refractivity contribution in [3.8, 4) is 22.6 Å². The lowest BCUT2D eigenvalue weighted by Gasteiger charge is -2.28. The van der Waals surface area contributed by atoms with E-state index >= 15 is 0 Å². The summed E-state index contributed by atoms with van der Waals surface area (Å²) in [6, 6.07) is 17.1. The van der Waals surface area contributed by atoms with E-state index in [2.05, 4.69) is 0 Å². The first-order valence-corrected chi connectivity index (χ1v) is 11.3. The minimum absolute atomic E-state index is 0.0962. The molecule has 0 N–H and O–H groups in total. The lowest BCUT2D eigenvalue weighted by molar-refractivity contribution is 0.0561. The molecule has 0 saturated carbocycles. The predicted molar refractivity (Wildman–Crippen MR) is 116 cm³/mol. The molecule has 4 rings (SSSR count). The Morgan fingerprint density at radius 2 is 1.80 bits per heavy atom. The SMILES string of the molecule is Cc1ccc(S(=O)(=O)OCC2COc3cccc(-c4ccc(Cl)cc4Cl)c3O2)cc1. The number of hydrogen-bond acceptors (Lipinski definition) is 5. The fourth-order valence-corrected chi connectivity index (χ4v) is 4.52. The molecule has 1 heterocycles. The van der Waals surface area contributed by atoms with Gasteiger partial charge in [0.15, 0.2) is 17.6 Å². The molecule has 0 amide bonds. The van der Waals surface area contributed by atoms with E-state index in [0.717, 1.165) is 16.7 Å². The average molecular weight is 465 g/mol. The van der Waals surface area contributed by atoms with Crippen molar-refractivity contribution in [3.05, 3.63) is 76.3 Å². The van der Waals surface area contributed by atoms with Crippen molar-refractivity contribution in [1.82, 2.24) is 0 Å². The first-order chi connectivity index (χ1) is 14.3. The summed E-state index contributed by atoms with van der Waals surface area (Å²) in [5, 5.41) is 0.998. The summed E-state index contributed by atoms with van der Waals surface area (Å²) in [5.74, 6) is 1.03.